The largest absolute Gasteiger partial charge is 0.465 e. The highest BCUT2D eigenvalue weighted by Crippen LogP contribution is 2.38. The molecule has 3 atom stereocenters. The van der Waals surface area contributed by atoms with Crippen LogP contribution < -0.4 is 10.2 Å². The molecular weight excluding hydrogens is 318 g/mol. The molecule has 2 aliphatic heterocycles. The number of fused-ring (bicyclic) bond motifs is 3. The number of aromatic nitrogens is 3. The van der Waals surface area contributed by atoms with Crippen molar-refractivity contribution >= 4 is 34.7 Å². The Bertz CT molecular complexity index is 757. The number of anilines is 1. The molecule has 7 nitrogen and oxygen atoms in total. The monoisotopic (exact) mass is 333 g/mol. The van der Waals surface area contributed by atoms with E-state index >= 15 is 0 Å². The molecule has 1 amide bonds. The molecule has 2 aromatic rings. The van der Waals surface area contributed by atoms with Crippen LogP contribution in [0, 0.1) is 0 Å². The molecule has 2 bridgehead atoms. The van der Waals surface area contributed by atoms with Crippen molar-refractivity contribution in [2.24, 2.45) is 0 Å². The van der Waals surface area contributed by atoms with Crippen LogP contribution in [0.2, 0.25) is 5.15 Å². The van der Waals surface area contributed by atoms with E-state index in [1.54, 1.807) is 12.3 Å². The summed E-state index contributed by atoms with van der Waals surface area (Å²) in [7, 11) is 0. The van der Waals surface area contributed by atoms with E-state index in [1.165, 1.54) is 0 Å². The van der Waals surface area contributed by atoms with Gasteiger partial charge in [0.2, 0.25) is 0 Å². The SMILES string of the molecule is O=C(O)NC1C[C@H]2CC[C@@H](C1)N2c1cnc2nc(Cl)ccc2n1. The fraction of sp³-hybridized carbons (Fsp3) is 0.467. The van der Waals surface area contributed by atoms with E-state index in [0.29, 0.717) is 22.9 Å². The number of hydrogen-bond acceptors (Lipinski definition) is 5. The smallest absolute Gasteiger partial charge is 0.404 e. The summed E-state index contributed by atoms with van der Waals surface area (Å²) in [5.74, 6) is 0.836. The number of carbonyl (C=O) groups is 1. The van der Waals surface area contributed by atoms with Gasteiger partial charge in [0, 0.05) is 18.1 Å². The Morgan fingerprint density at radius 2 is 2.00 bits per heavy atom. The minimum Gasteiger partial charge on any atom is -0.465 e. The lowest BCUT2D eigenvalue weighted by Gasteiger charge is -2.39. The van der Waals surface area contributed by atoms with Gasteiger partial charge in [-0.25, -0.2) is 19.7 Å². The Morgan fingerprint density at radius 1 is 1.26 bits per heavy atom. The maximum atomic E-state index is 10.9. The van der Waals surface area contributed by atoms with Crippen LogP contribution >= 0.6 is 11.6 Å². The molecule has 1 unspecified atom stereocenters. The lowest BCUT2D eigenvalue weighted by atomic mass is 9.97. The average Bonchev–Trinajstić information content (AvgIpc) is 2.77. The lowest BCUT2D eigenvalue weighted by molar-refractivity contribution is 0.185. The van der Waals surface area contributed by atoms with Crippen molar-refractivity contribution in [1.29, 1.82) is 0 Å². The van der Waals surface area contributed by atoms with Crippen molar-refractivity contribution in [2.75, 3.05) is 4.90 Å². The first kappa shape index (κ1) is 14.4. The predicted octanol–water partition coefficient (Wildman–Crippen LogP) is 2.45. The number of carboxylic acid groups (broad SMARTS) is 1. The third-order valence-electron chi connectivity index (χ3n) is 4.68. The standard InChI is InChI=1S/C15H16ClN5O2/c16-12-4-3-11-14(20-12)17-7-13(19-11)21-9-1-2-10(21)6-8(5-9)18-15(22)23/h3-4,7-10,18H,1-2,5-6H2,(H,22,23)/t8?,9-,10+. The summed E-state index contributed by atoms with van der Waals surface area (Å²) in [6.07, 6.45) is 4.52. The molecule has 4 heterocycles. The van der Waals surface area contributed by atoms with E-state index in [4.69, 9.17) is 16.7 Å². The van der Waals surface area contributed by atoms with Gasteiger partial charge in [-0.2, -0.15) is 0 Å². The molecule has 0 spiro atoms. The molecule has 2 aromatic heterocycles. The number of rotatable bonds is 2. The zero-order valence-electron chi connectivity index (χ0n) is 12.3. The molecule has 2 saturated heterocycles. The molecule has 0 aromatic carbocycles. The molecule has 0 radical (unpaired) electrons. The third kappa shape index (κ3) is 2.65. The second-order valence-electron chi connectivity index (χ2n) is 6.11. The summed E-state index contributed by atoms with van der Waals surface area (Å²) in [5.41, 5.74) is 1.26. The second kappa shape index (κ2) is 5.49. The molecule has 23 heavy (non-hydrogen) atoms. The minimum atomic E-state index is -0.948. The normalized spacial score (nSPS) is 26.5. The molecule has 8 heteroatoms. The van der Waals surface area contributed by atoms with Crippen LogP contribution in [0.3, 0.4) is 0 Å². The number of nitrogens with one attached hydrogen (secondary N) is 1. The Hall–Kier alpha value is -2.15. The molecule has 2 aliphatic rings. The van der Waals surface area contributed by atoms with E-state index in [2.05, 4.69) is 25.2 Å². The van der Waals surface area contributed by atoms with Crippen molar-refractivity contribution in [3.63, 3.8) is 0 Å². The van der Waals surface area contributed by atoms with Crippen LogP contribution in [0.4, 0.5) is 10.6 Å². The predicted molar refractivity (Wildman–Crippen MR) is 85.8 cm³/mol. The molecule has 2 fully saturated rings. The van der Waals surface area contributed by atoms with Gasteiger partial charge in [-0.1, -0.05) is 11.6 Å². The fourth-order valence-corrected chi connectivity index (χ4v) is 3.98. The summed E-state index contributed by atoms with van der Waals surface area (Å²) in [5, 5.41) is 11.9. The first-order valence-electron chi connectivity index (χ1n) is 7.67. The number of hydrogen-bond donors (Lipinski definition) is 2. The average molecular weight is 334 g/mol. The van der Waals surface area contributed by atoms with Gasteiger partial charge >= 0.3 is 6.09 Å². The van der Waals surface area contributed by atoms with Gasteiger partial charge in [0.15, 0.2) is 5.65 Å². The third-order valence-corrected chi connectivity index (χ3v) is 4.89. The molecule has 0 aliphatic carbocycles. The molecule has 0 saturated carbocycles. The Balaban J connectivity index is 1.61. The molecule has 2 N–H and O–H groups in total. The maximum Gasteiger partial charge on any atom is 0.404 e. The van der Waals surface area contributed by atoms with Crippen LogP contribution in [0.5, 0.6) is 0 Å². The van der Waals surface area contributed by atoms with Gasteiger partial charge in [0.05, 0.1) is 6.20 Å². The van der Waals surface area contributed by atoms with E-state index in [9.17, 15) is 4.79 Å². The summed E-state index contributed by atoms with van der Waals surface area (Å²) < 4.78 is 0. The highest BCUT2D eigenvalue weighted by molar-refractivity contribution is 6.29. The summed E-state index contributed by atoms with van der Waals surface area (Å²) >= 11 is 5.88. The number of nitrogens with zero attached hydrogens (tertiary/aromatic N) is 4. The molecular formula is C15H16ClN5O2. The minimum absolute atomic E-state index is 0.0233. The summed E-state index contributed by atoms with van der Waals surface area (Å²) in [6, 6.07) is 4.16. The van der Waals surface area contributed by atoms with Gasteiger partial charge in [-0.05, 0) is 37.8 Å². The first-order valence-corrected chi connectivity index (χ1v) is 8.05. The number of halogens is 1. The van der Waals surface area contributed by atoms with Crippen LogP contribution in [0.25, 0.3) is 11.2 Å². The van der Waals surface area contributed by atoms with E-state index < -0.39 is 6.09 Å². The Labute approximate surface area is 137 Å². The lowest BCUT2D eigenvalue weighted by Crippen LogP contribution is -2.50. The first-order chi connectivity index (χ1) is 11.1. The van der Waals surface area contributed by atoms with Crippen LogP contribution in [0.15, 0.2) is 18.3 Å². The summed E-state index contributed by atoms with van der Waals surface area (Å²) in [4.78, 5) is 26.4. The maximum absolute atomic E-state index is 10.9. The number of pyridine rings is 1. The molecule has 4 rings (SSSR count). The van der Waals surface area contributed by atoms with Crippen molar-refractivity contribution in [2.45, 2.75) is 43.8 Å². The van der Waals surface area contributed by atoms with Crippen LogP contribution in [-0.4, -0.2) is 44.3 Å². The Kier molecular flexibility index (Phi) is 3.45. The van der Waals surface area contributed by atoms with Gasteiger partial charge < -0.3 is 15.3 Å². The van der Waals surface area contributed by atoms with E-state index in [-0.39, 0.29) is 6.04 Å². The van der Waals surface area contributed by atoms with Gasteiger partial charge in [-0.3, -0.25) is 0 Å². The van der Waals surface area contributed by atoms with Crippen LogP contribution in [0.1, 0.15) is 25.7 Å². The molecule has 120 valence electrons. The van der Waals surface area contributed by atoms with Crippen molar-refractivity contribution in [1.82, 2.24) is 20.3 Å². The topological polar surface area (TPSA) is 91.2 Å². The fourth-order valence-electron chi connectivity index (χ4n) is 3.84. The number of piperidine rings is 1. The van der Waals surface area contributed by atoms with Crippen LogP contribution in [-0.2, 0) is 0 Å². The Morgan fingerprint density at radius 3 is 2.70 bits per heavy atom. The zero-order chi connectivity index (χ0) is 16.0. The quantitative estimate of drug-likeness (QED) is 0.820. The van der Waals surface area contributed by atoms with Crippen molar-refractivity contribution in [3.8, 4) is 0 Å². The summed E-state index contributed by atoms with van der Waals surface area (Å²) in [6.45, 7) is 0. The highest BCUT2D eigenvalue weighted by atomic mass is 35.5. The second-order valence-corrected chi connectivity index (χ2v) is 6.50. The zero-order valence-corrected chi connectivity index (χ0v) is 13.1. The van der Waals surface area contributed by atoms with Gasteiger partial charge in [0.25, 0.3) is 0 Å². The van der Waals surface area contributed by atoms with Crippen molar-refractivity contribution < 1.29 is 9.90 Å². The van der Waals surface area contributed by atoms with Gasteiger partial charge in [0.1, 0.15) is 16.5 Å². The van der Waals surface area contributed by atoms with E-state index in [0.717, 1.165) is 37.0 Å². The van der Waals surface area contributed by atoms with E-state index in [1.807, 2.05) is 6.07 Å². The highest BCUT2D eigenvalue weighted by Gasteiger charge is 2.42. The number of amides is 1. The van der Waals surface area contributed by atoms with Crippen molar-refractivity contribution in [3.05, 3.63) is 23.5 Å². The van der Waals surface area contributed by atoms with Gasteiger partial charge in [-0.15, -0.1) is 0 Å².